The minimum absolute atomic E-state index is 0.0495. The third kappa shape index (κ3) is 5.09. The molecule has 0 bridgehead atoms. The monoisotopic (exact) mass is 323 g/mol. The van der Waals surface area contributed by atoms with Crippen molar-refractivity contribution in [2.45, 2.75) is 6.54 Å². The molecule has 1 aromatic carbocycles. The number of furan rings is 1. The molecule has 2 rings (SSSR count). The van der Waals surface area contributed by atoms with Crippen LogP contribution < -0.4 is 4.74 Å². The van der Waals surface area contributed by atoms with Crippen LogP contribution in [0.5, 0.6) is 5.75 Å². The zero-order chi connectivity index (χ0) is 15.8. The zero-order valence-electron chi connectivity index (χ0n) is 12.3. The van der Waals surface area contributed by atoms with E-state index in [2.05, 4.69) is 0 Å². The quantitative estimate of drug-likeness (QED) is 0.749. The lowest BCUT2D eigenvalue weighted by molar-refractivity contribution is -0.134. The highest BCUT2D eigenvalue weighted by Gasteiger charge is 2.15. The van der Waals surface area contributed by atoms with Crippen LogP contribution in [0.4, 0.5) is 0 Å². The van der Waals surface area contributed by atoms with Gasteiger partial charge in [0.1, 0.15) is 11.5 Å². The van der Waals surface area contributed by atoms with E-state index in [1.165, 1.54) is 0 Å². The number of rotatable bonds is 8. The Kier molecular flexibility index (Phi) is 6.30. The zero-order valence-corrected chi connectivity index (χ0v) is 13.1. The predicted molar refractivity (Wildman–Crippen MR) is 82.9 cm³/mol. The van der Waals surface area contributed by atoms with Gasteiger partial charge in [-0.1, -0.05) is 11.6 Å². The maximum absolute atomic E-state index is 12.3. The van der Waals surface area contributed by atoms with Gasteiger partial charge < -0.3 is 18.8 Å². The smallest absolute Gasteiger partial charge is 0.260 e. The Bertz CT molecular complexity index is 568. The second-order valence-electron chi connectivity index (χ2n) is 4.63. The number of hydrogen-bond acceptors (Lipinski definition) is 4. The van der Waals surface area contributed by atoms with Crippen LogP contribution >= 0.6 is 11.6 Å². The fourth-order valence-corrected chi connectivity index (χ4v) is 1.98. The largest absolute Gasteiger partial charge is 0.484 e. The van der Waals surface area contributed by atoms with Gasteiger partial charge >= 0.3 is 0 Å². The molecule has 5 nitrogen and oxygen atoms in total. The molecule has 0 atom stereocenters. The van der Waals surface area contributed by atoms with Crippen molar-refractivity contribution in [1.82, 2.24) is 4.90 Å². The second-order valence-corrected chi connectivity index (χ2v) is 5.07. The molecule has 0 aliphatic carbocycles. The Labute approximate surface area is 134 Å². The SMILES string of the molecule is COCCN(Cc1ccco1)C(=O)COc1ccc(Cl)cc1. The molecule has 0 saturated heterocycles. The van der Waals surface area contributed by atoms with Gasteiger partial charge in [-0.25, -0.2) is 0 Å². The molecule has 1 heterocycles. The van der Waals surface area contributed by atoms with E-state index in [1.54, 1.807) is 48.6 Å². The summed E-state index contributed by atoms with van der Waals surface area (Å²) in [5.74, 6) is 1.18. The highest BCUT2D eigenvalue weighted by atomic mass is 35.5. The van der Waals surface area contributed by atoms with Crippen LogP contribution in [0.25, 0.3) is 0 Å². The van der Waals surface area contributed by atoms with Crippen LogP contribution in [0.3, 0.4) is 0 Å². The van der Waals surface area contributed by atoms with Crippen molar-refractivity contribution < 1.29 is 18.7 Å². The van der Waals surface area contributed by atoms with Crippen LogP contribution in [0.2, 0.25) is 5.02 Å². The molecule has 0 N–H and O–H groups in total. The number of carbonyl (C=O) groups is 1. The van der Waals surface area contributed by atoms with Crippen molar-refractivity contribution in [3.05, 3.63) is 53.4 Å². The van der Waals surface area contributed by atoms with E-state index in [1.807, 2.05) is 6.07 Å². The molecule has 0 radical (unpaired) electrons. The Balaban J connectivity index is 1.91. The molecule has 1 aromatic heterocycles. The second kappa shape index (κ2) is 8.46. The fraction of sp³-hybridized carbons (Fsp3) is 0.312. The van der Waals surface area contributed by atoms with Gasteiger partial charge in [-0.3, -0.25) is 4.79 Å². The lowest BCUT2D eigenvalue weighted by Crippen LogP contribution is -2.36. The molecule has 0 saturated carbocycles. The molecule has 118 valence electrons. The van der Waals surface area contributed by atoms with Gasteiger partial charge in [-0.05, 0) is 36.4 Å². The van der Waals surface area contributed by atoms with Crippen molar-refractivity contribution in [3.8, 4) is 5.75 Å². The number of nitrogens with zero attached hydrogens (tertiary/aromatic N) is 1. The Morgan fingerprint density at radius 3 is 2.68 bits per heavy atom. The summed E-state index contributed by atoms with van der Waals surface area (Å²) in [6.07, 6.45) is 1.58. The molecular weight excluding hydrogens is 306 g/mol. The molecule has 0 aliphatic rings. The van der Waals surface area contributed by atoms with Crippen LogP contribution in [-0.2, 0) is 16.1 Å². The number of carbonyl (C=O) groups excluding carboxylic acids is 1. The van der Waals surface area contributed by atoms with Gasteiger partial charge in [-0.2, -0.15) is 0 Å². The highest BCUT2D eigenvalue weighted by Crippen LogP contribution is 2.15. The molecule has 0 aliphatic heterocycles. The first-order chi connectivity index (χ1) is 10.7. The Morgan fingerprint density at radius 1 is 1.27 bits per heavy atom. The van der Waals surface area contributed by atoms with E-state index in [-0.39, 0.29) is 12.5 Å². The normalized spacial score (nSPS) is 10.5. The molecule has 0 fully saturated rings. The number of amides is 1. The van der Waals surface area contributed by atoms with E-state index < -0.39 is 0 Å². The lowest BCUT2D eigenvalue weighted by Gasteiger charge is -2.21. The standard InChI is InChI=1S/C16H18ClNO4/c1-20-10-8-18(11-15-3-2-9-21-15)16(19)12-22-14-6-4-13(17)5-7-14/h2-7,9H,8,10-12H2,1H3. The molecule has 2 aromatic rings. The maximum Gasteiger partial charge on any atom is 0.260 e. The van der Waals surface area contributed by atoms with Crippen LogP contribution in [0.1, 0.15) is 5.76 Å². The summed E-state index contributed by atoms with van der Waals surface area (Å²) < 4.78 is 15.8. The van der Waals surface area contributed by atoms with Crippen LogP contribution in [0.15, 0.2) is 47.1 Å². The van der Waals surface area contributed by atoms with E-state index in [0.29, 0.717) is 30.5 Å². The van der Waals surface area contributed by atoms with Crippen molar-refractivity contribution in [2.24, 2.45) is 0 Å². The number of ether oxygens (including phenoxy) is 2. The lowest BCUT2D eigenvalue weighted by atomic mass is 10.3. The number of methoxy groups -OCH3 is 1. The van der Waals surface area contributed by atoms with Gasteiger partial charge in [0, 0.05) is 18.7 Å². The van der Waals surface area contributed by atoms with E-state index in [9.17, 15) is 4.79 Å². The van der Waals surface area contributed by atoms with Gasteiger partial charge in [0.25, 0.3) is 5.91 Å². The topological polar surface area (TPSA) is 51.9 Å². The first-order valence-corrected chi connectivity index (χ1v) is 7.24. The molecule has 6 heteroatoms. The van der Waals surface area contributed by atoms with E-state index in [4.69, 9.17) is 25.5 Å². The molecule has 0 unspecified atom stereocenters. The van der Waals surface area contributed by atoms with Crippen LogP contribution in [-0.4, -0.2) is 37.7 Å². The van der Waals surface area contributed by atoms with Crippen molar-refractivity contribution >= 4 is 17.5 Å². The summed E-state index contributed by atoms with van der Waals surface area (Å²) in [5.41, 5.74) is 0. The third-order valence-corrected chi connectivity index (χ3v) is 3.27. The average molecular weight is 324 g/mol. The van der Waals surface area contributed by atoms with E-state index in [0.717, 1.165) is 5.76 Å². The molecular formula is C16H18ClNO4. The van der Waals surface area contributed by atoms with Gasteiger partial charge in [0.05, 0.1) is 19.4 Å². The first-order valence-electron chi connectivity index (χ1n) is 6.86. The van der Waals surface area contributed by atoms with Crippen molar-refractivity contribution in [2.75, 3.05) is 26.9 Å². The predicted octanol–water partition coefficient (Wildman–Crippen LogP) is 2.99. The van der Waals surface area contributed by atoms with Gasteiger partial charge in [0.2, 0.25) is 0 Å². The molecule has 22 heavy (non-hydrogen) atoms. The third-order valence-electron chi connectivity index (χ3n) is 3.02. The Hall–Kier alpha value is -1.98. The maximum atomic E-state index is 12.3. The summed E-state index contributed by atoms with van der Waals surface area (Å²) in [7, 11) is 1.60. The number of halogens is 1. The first kappa shape index (κ1) is 16.4. The molecule has 1 amide bonds. The fourth-order valence-electron chi connectivity index (χ4n) is 1.85. The summed E-state index contributed by atoms with van der Waals surface area (Å²) in [6, 6.07) is 10.5. The van der Waals surface area contributed by atoms with Gasteiger partial charge in [-0.15, -0.1) is 0 Å². The Morgan fingerprint density at radius 2 is 2.05 bits per heavy atom. The van der Waals surface area contributed by atoms with Crippen LogP contribution in [0, 0.1) is 0 Å². The highest BCUT2D eigenvalue weighted by molar-refractivity contribution is 6.30. The minimum Gasteiger partial charge on any atom is -0.484 e. The van der Waals surface area contributed by atoms with Crippen molar-refractivity contribution in [1.29, 1.82) is 0 Å². The summed E-state index contributed by atoms with van der Waals surface area (Å²) in [4.78, 5) is 13.9. The number of hydrogen-bond donors (Lipinski definition) is 0. The van der Waals surface area contributed by atoms with Gasteiger partial charge in [0.15, 0.2) is 6.61 Å². The molecule has 0 spiro atoms. The summed E-state index contributed by atoms with van der Waals surface area (Å²) in [6.45, 7) is 1.26. The minimum atomic E-state index is -0.136. The number of benzene rings is 1. The summed E-state index contributed by atoms with van der Waals surface area (Å²) >= 11 is 5.81. The summed E-state index contributed by atoms with van der Waals surface area (Å²) in [5, 5.41) is 0.623. The van der Waals surface area contributed by atoms with Crippen molar-refractivity contribution in [3.63, 3.8) is 0 Å². The van der Waals surface area contributed by atoms with E-state index >= 15 is 0 Å². The average Bonchev–Trinajstić information content (AvgIpc) is 3.03.